The minimum absolute atomic E-state index is 0.0432. The Morgan fingerprint density at radius 2 is 1.74 bits per heavy atom. The molecule has 0 spiro atoms. The molecule has 168 valence electrons. The lowest BCUT2D eigenvalue weighted by molar-refractivity contribution is -0.139. The van der Waals surface area contributed by atoms with Crippen molar-refractivity contribution in [1.29, 1.82) is 0 Å². The molecule has 0 bridgehead atoms. The molecule has 1 N–H and O–H groups in total. The van der Waals surface area contributed by atoms with Crippen molar-refractivity contribution in [3.63, 3.8) is 0 Å². The number of ether oxygens (including phenoxy) is 1. The number of hydrogen-bond acceptors (Lipinski definition) is 4. The molecular formula is C25H34N2O3S. The minimum Gasteiger partial charge on any atom is -0.497 e. The molecule has 2 amide bonds. The summed E-state index contributed by atoms with van der Waals surface area (Å²) in [5, 5.41) is 3.00. The molecule has 0 unspecified atom stereocenters. The molecule has 2 aromatic carbocycles. The number of hydrogen-bond donors (Lipinski definition) is 1. The molecule has 0 aliphatic heterocycles. The predicted molar refractivity (Wildman–Crippen MR) is 128 cm³/mol. The van der Waals surface area contributed by atoms with Crippen molar-refractivity contribution in [3.05, 3.63) is 65.2 Å². The highest BCUT2D eigenvalue weighted by molar-refractivity contribution is 7.99. The Balaban J connectivity index is 2.09. The van der Waals surface area contributed by atoms with Crippen LogP contribution in [0.25, 0.3) is 0 Å². The second-order valence-electron chi connectivity index (χ2n) is 8.70. The predicted octanol–water partition coefficient (Wildman–Crippen LogP) is 4.57. The van der Waals surface area contributed by atoms with Crippen LogP contribution in [-0.2, 0) is 21.9 Å². The molecule has 0 fully saturated rings. The second-order valence-corrected chi connectivity index (χ2v) is 9.69. The molecule has 0 aliphatic carbocycles. The number of methoxy groups -OCH3 is 1. The van der Waals surface area contributed by atoms with Gasteiger partial charge in [-0.25, -0.2) is 0 Å². The molecule has 0 aromatic heterocycles. The van der Waals surface area contributed by atoms with Gasteiger partial charge in [0, 0.05) is 17.8 Å². The number of aryl methyl sites for hydroxylation is 1. The summed E-state index contributed by atoms with van der Waals surface area (Å²) in [7, 11) is 1.64. The van der Waals surface area contributed by atoms with Crippen molar-refractivity contribution in [2.24, 2.45) is 0 Å². The normalized spacial score (nSPS) is 12.2. The van der Waals surface area contributed by atoms with Gasteiger partial charge in [-0.1, -0.05) is 36.4 Å². The standard InChI is InChI=1S/C25H34N2O3S/c1-18-9-7-8-10-21(18)15-27(19(2)24(29)26-25(3,4)5)23(28)17-31-16-20-11-13-22(30-6)14-12-20/h7-14,19H,15-17H2,1-6H3,(H,26,29)/t19-/m0/s1. The van der Waals surface area contributed by atoms with Crippen LogP contribution >= 0.6 is 11.8 Å². The highest BCUT2D eigenvalue weighted by atomic mass is 32.2. The van der Waals surface area contributed by atoms with Crippen molar-refractivity contribution in [2.75, 3.05) is 12.9 Å². The van der Waals surface area contributed by atoms with E-state index in [0.29, 0.717) is 12.3 Å². The molecule has 0 saturated heterocycles. The quantitative estimate of drug-likeness (QED) is 0.618. The summed E-state index contributed by atoms with van der Waals surface area (Å²) in [5.74, 6) is 1.66. The molecule has 6 heteroatoms. The van der Waals surface area contributed by atoms with E-state index in [1.807, 2.05) is 76.2 Å². The third-order valence-electron chi connectivity index (χ3n) is 4.92. The maximum absolute atomic E-state index is 13.2. The van der Waals surface area contributed by atoms with Gasteiger partial charge in [-0.15, -0.1) is 11.8 Å². The SMILES string of the molecule is COc1ccc(CSCC(=O)N(Cc2ccccc2C)[C@@H](C)C(=O)NC(C)(C)C)cc1. The summed E-state index contributed by atoms with van der Waals surface area (Å²) in [4.78, 5) is 27.7. The Kier molecular flexibility index (Phi) is 8.99. The van der Waals surface area contributed by atoms with Crippen LogP contribution in [0.3, 0.4) is 0 Å². The number of benzene rings is 2. The average molecular weight is 443 g/mol. The molecular weight excluding hydrogens is 408 g/mol. The Morgan fingerprint density at radius 3 is 2.32 bits per heavy atom. The highest BCUT2D eigenvalue weighted by Gasteiger charge is 2.28. The number of thioether (sulfide) groups is 1. The molecule has 5 nitrogen and oxygen atoms in total. The van der Waals surface area contributed by atoms with Gasteiger partial charge >= 0.3 is 0 Å². The Bertz CT molecular complexity index is 875. The van der Waals surface area contributed by atoms with Crippen LogP contribution in [0.4, 0.5) is 0 Å². The lowest BCUT2D eigenvalue weighted by Crippen LogP contribution is -2.52. The van der Waals surface area contributed by atoms with Crippen molar-refractivity contribution in [1.82, 2.24) is 10.2 Å². The van der Waals surface area contributed by atoms with E-state index in [1.165, 1.54) is 0 Å². The van der Waals surface area contributed by atoms with Crippen LogP contribution in [0.5, 0.6) is 5.75 Å². The van der Waals surface area contributed by atoms with Crippen LogP contribution in [0.15, 0.2) is 48.5 Å². The third kappa shape index (κ3) is 7.94. The number of nitrogens with one attached hydrogen (secondary N) is 1. The van der Waals surface area contributed by atoms with Crippen molar-refractivity contribution in [3.8, 4) is 5.75 Å². The molecule has 0 heterocycles. The largest absolute Gasteiger partial charge is 0.497 e. The number of carbonyl (C=O) groups excluding carboxylic acids is 2. The Hall–Kier alpha value is -2.47. The Labute approximate surface area is 190 Å². The monoisotopic (exact) mass is 442 g/mol. The molecule has 2 aromatic rings. The van der Waals surface area contributed by atoms with Gasteiger partial charge in [0.2, 0.25) is 11.8 Å². The van der Waals surface area contributed by atoms with E-state index in [-0.39, 0.29) is 17.4 Å². The maximum atomic E-state index is 13.2. The summed E-state index contributed by atoms with van der Waals surface area (Å²) < 4.78 is 5.19. The van der Waals surface area contributed by atoms with Crippen molar-refractivity contribution >= 4 is 23.6 Å². The molecule has 2 rings (SSSR count). The van der Waals surface area contributed by atoms with E-state index in [1.54, 1.807) is 30.7 Å². The first-order valence-electron chi connectivity index (χ1n) is 10.5. The zero-order valence-corrected chi connectivity index (χ0v) is 20.2. The molecule has 1 atom stereocenters. The van der Waals surface area contributed by atoms with E-state index in [9.17, 15) is 9.59 Å². The summed E-state index contributed by atoms with van der Waals surface area (Å²) in [5.41, 5.74) is 2.93. The molecule has 0 aliphatic rings. The van der Waals surface area contributed by atoms with E-state index in [0.717, 1.165) is 28.2 Å². The molecule has 31 heavy (non-hydrogen) atoms. The van der Waals surface area contributed by atoms with Gasteiger partial charge in [-0.2, -0.15) is 0 Å². The topological polar surface area (TPSA) is 58.6 Å². The average Bonchev–Trinajstić information content (AvgIpc) is 2.72. The maximum Gasteiger partial charge on any atom is 0.242 e. The van der Waals surface area contributed by atoms with E-state index in [4.69, 9.17) is 4.74 Å². The van der Waals surface area contributed by atoms with Crippen LogP contribution in [0, 0.1) is 6.92 Å². The minimum atomic E-state index is -0.562. The van der Waals surface area contributed by atoms with Crippen LogP contribution < -0.4 is 10.1 Å². The van der Waals surface area contributed by atoms with Crippen molar-refractivity contribution < 1.29 is 14.3 Å². The van der Waals surface area contributed by atoms with E-state index < -0.39 is 6.04 Å². The first kappa shape index (κ1) is 24.8. The highest BCUT2D eigenvalue weighted by Crippen LogP contribution is 2.19. The fraction of sp³-hybridized carbons (Fsp3) is 0.440. The lowest BCUT2D eigenvalue weighted by Gasteiger charge is -2.31. The fourth-order valence-electron chi connectivity index (χ4n) is 3.09. The van der Waals surface area contributed by atoms with Gasteiger partial charge in [0.05, 0.1) is 12.9 Å². The van der Waals surface area contributed by atoms with Gasteiger partial charge in [-0.3, -0.25) is 9.59 Å². The third-order valence-corrected chi connectivity index (χ3v) is 5.91. The zero-order valence-electron chi connectivity index (χ0n) is 19.4. The van der Waals surface area contributed by atoms with E-state index in [2.05, 4.69) is 5.32 Å². The first-order valence-corrected chi connectivity index (χ1v) is 11.6. The van der Waals surface area contributed by atoms with Crippen molar-refractivity contribution in [2.45, 2.75) is 58.5 Å². The number of rotatable bonds is 9. The van der Waals surface area contributed by atoms with Gasteiger partial charge < -0.3 is 15.0 Å². The van der Waals surface area contributed by atoms with Crippen LogP contribution in [0.2, 0.25) is 0 Å². The van der Waals surface area contributed by atoms with Crippen LogP contribution in [0.1, 0.15) is 44.4 Å². The molecule has 0 radical (unpaired) electrons. The number of amides is 2. The van der Waals surface area contributed by atoms with Gasteiger partial charge in [-0.05, 0) is 63.4 Å². The number of carbonyl (C=O) groups is 2. The number of nitrogens with zero attached hydrogens (tertiary/aromatic N) is 1. The molecule has 0 saturated carbocycles. The summed E-state index contributed by atoms with van der Waals surface area (Å²) in [6, 6.07) is 15.2. The van der Waals surface area contributed by atoms with Gasteiger partial charge in [0.1, 0.15) is 11.8 Å². The van der Waals surface area contributed by atoms with Crippen LogP contribution in [-0.4, -0.2) is 41.2 Å². The summed E-state index contributed by atoms with van der Waals surface area (Å²) >= 11 is 1.55. The lowest BCUT2D eigenvalue weighted by atomic mass is 10.1. The summed E-state index contributed by atoms with van der Waals surface area (Å²) in [6.07, 6.45) is 0. The van der Waals surface area contributed by atoms with E-state index >= 15 is 0 Å². The zero-order chi connectivity index (χ0) is 23.0. The smallest absolute Gasteiger partial charge is 0.242 e. The Morgan fingerprint density at radius 1 is 1.10 bits per heavy atom. The van der Waals surface area contributed by atoms with Gasteiger partial charge in [0.25, 0.3) is 0 Å². The fourth-order valence-corrected chi connectivity index (χ4v) is 3.96. The second kappa shape index (κ2) is 11.2. The first-order chi connectivity index (χ1) is 14.6. The van der Waals surface area contributed by atoms with Gasteiger partial charge in [0.15, 0.2) is 0 Å². The summed E-state index contributed by atoms with van der Waals surface area (Å²) in [6.45, 7) is 10.1.